The SMILES string of the molecule is CC(CCO)CNCc1ccccc1OC(F)F. The van der Waals surface area contributed by atoms with Gasteiger partial charge >= 0.3 is 6.61 Å². The summed E-state index contributed by atoms with van der Waals surface area (Å²) in [6.45, 7) is 0.570. The Bertz CT molecular complexity index is 348. The van der Waals surface area contributed by atoms with E-state index in [1.165, 1.54) is 6.07 Å². The molecule has 0 saturated heterocycles. The molecule has 2 N–H and O–H groups in total. The summed E-state index contributed by atoms with van der Waals surface area (Å²) in [7, 11) is 0. The largest absolute Gasteiger partial charge is 0.434 e. The van der Waals surface area contributed by atoms with Crippen LogP contribution in [0.1, 0.15) is 18.9 Å². The van der Waals surface area contributed by atoms with Crippen LogP contribution in [0, 0.1) is 5.92 Å². The zero-order valence-electron chi connectivity index (χ0n) is 10.4. The monoisotopic (exact) mass is 259 g/mol. The second-order valence-electron chi connectivity index (χ2n) is 4.23. The minimum Gasteiger partial charge on any atom is -0.434 e. The summed E-state index contributed by atoms with van der Waals surface area (Å²) in [5.41, 5.74) is 0.703. The van der Waals surface area contributed by atoms with Crippen LogP contribution in [0.4, 0.5) is 8.78 Å². The summed E-state index contributed by atoms with van der Waals surface area (Å²) >= 11 is 0. The van der Waals surface area contributed by atoms with E-state index in [2.05, 4.69) is 10.1 Å². The van der Waals surface area contributed by atoms with Gasteiger partial charge in [-0.15, -0.1) is 0 Å². The number of halogens is 2. The van der Waals surface area contributed by atoms with Crippen LogP contribution in [-0.4, -0.2) is 24.9 Å². The number of ether oxygens (including phenoxy) is 1. The molecule has 1 unspecified atom stereocenters. The Balaban J connectivity index is 2.46. The van der Waals surface area contributed by atoms with Crippen LogP contribution < -0.4 is 10.1 Å². The fraction of sp³-hybridized carbons (Fsp3) is 0.538. The maximum atomic E-state index is 12.2. The molecular formula is C13H19F2NO2. The Morgan fingerprint density at radius 2 is 2.06 bits per heavy atom. The average Bonchev–Trinajstić information content (AvgIpc) is 2.31. The van der Waals surface area contributed by atoms with Crippen LogP contribution >= 0.6 is 0 Å². The van der Waals surface area contributed by atoms with Crippen molar-refractivity contribution >= 4 is 0 Å². The molecule has 0 amide bonds. The van der Waals surface area contributed by atoms with Gasteiger partial charge in [-0.05, 0) is 24.9 Å². The van der Waals surface area contributed by atoms with Crippen molar-refractivity contribution in [2.24, 2.45) is 5.92 Å². The molecule has 1 rings (SSSR count). The number of aliphatic hydroxyl groups excluding tert-OH is 1. The molecular weight excluding hydrogens is 240 g/mol. The minimum atomic E-state index is -2.81. The zero-order chi connectivity index (χ0) is 13.4. The van der Waals surface area contributed by atoms with E-state index in [1.807, 2.05) is 6.92 Å². The van der Waals surface area contributed by atoms with Gasteiger partial charge in [0.25, 0.3) is 0 Å². The molecule has 5 heteroatoms. The molecule has 0 bridgehead atoms. The summed E-state index contributed by atoms with van der Waals surface area (Å²) in [5, 5.41) is 11.9. The average molecular weight is 259 g/mol. The maximum Gasteiger partial charge on any atom is 0.387 e. The van der Waals surface area contributed by atoms with Gasteiger partial charge in [0.15, 0.2) is 0 Å². The Morgan fingerprint density at radius 1 is 1.33 bits per heavy atom. The Kier molecular flexibility index (Phi) is 6.60. The van der Waals surface area contributed by atoms with E-state index >= 15 is 0 Å². The zero-order valence-corrected chi connectivity index (χ0v) is 10.4. The normalized spacial score (nSPS) is 12.7. The summed E-state index contributed by atoms with van der Waals surface area (Å²) < 4.78 is 28.8. The number of aliphatic hydroxyl groups is 1. The van der Waals surface area contributed by atoms with E-state index in [4.69, 9.17) is 5.11 Å². The van der Waals surface area contributed by atoms with E-state index in [-0.39, 0.29) is 12.4 Å². The molecule has 0 radical (unpaired) electrons. The lowest BCUT2D eigenvalue weighted by molar-refractivity contribution is -0.0505. The predicted octanol–water partition coefficient (Wildman–Crippen LogP) is 2.40. The number of benzene rings is 1. The molecule has 0 aliphatic carbocycles. The van der Waals surface area contributed by atoms with Crippen molar-refractivity contribution in [2.75, 3.05) is 13.2 Å². The van der Waals surface area contributed by atoms with Gasteiger partial charge in [0.2, 0.25) is 0 Å². The van der Waals surface area contributed by atoms with E-state index in [9.17, 15) is 8.78 Å². The van der Waals surface area contributed by atoms with Gasteiger partial charge in [0.1, 0.15) is 5.75 Å². The summed E-state index contributed by atoms with van der Waals surface area (Å²) in [6.07, 6.45) is 0.724. The Hall–Kier alpha value is -1.20. The molecule has 3 nitrogen and oxygen atoms in total. The molecule has 0 fully saturated rings. The second-order valence-corrected chi connectivity index (χ2v) is 4.23. The first kappa shape index (κ1) is 14.9. The number of hydrogen-bond donors (Lipinski definition) is 2. The molecule has 0 saturated carbocycles. The maximum absolute atomic E-state index is 12.2. The van der Waals surface area contributed by atoms with Crippen molar-refractivity contribution in [1.82, 2.24) is 5.32 Å². The van der Waals surface area contributed by atoms with Crippen molar-refractivity contribution in [2.45, 2.75) is 26.5 Å². The first-order chi connectivity index (χ1) is 8.63. The van der Waals surface area contributed by atoms with Gasteiger partial charge in [0, 0.05) is 18.7 Å². The third-order valence-electron chi connectivity index (χ3n) is 2.62. The molecule has 102 valence electrons. The van der Waals surface area contributed by atoms with Gasteiger partial charge in [-0.25, -0.2) is 0 Å². The van der Waals surface area contributed by atoms with Crippen LogP contribution in [0.2, 0.25) is 0 Å². The summed E-state index contributed by atoms with van der Waals surface area (Å²) in [4.78, 5) is 0. The third-order valence-corrected chi connectivity index (χ3v) is 2.62. The molecule has 1 atom stereocenters. The third kappa shape index (κ3) is 5.42. The highest BCUT2D eigenvalue weighted by Gasteiger charge is 2.09. The molecule has 18 heavy (non-hydrogen) atoms. The fourth-order valence-electron chi connectivity index (χ4n) is 1.64. The lowest BCUT2D eigenvalue weighted by Crippen LogP contribution is -2.22. The van der Waals surface area contributed by atoms with Crippen LogP contribution in [0.5, 0.6) is 5.75 Å². The van der Waals surface area contributed by atoms with Crippen molar-refractivity contribution < 1.29 is 18.6 Å². The molecule has 0 aliphatic heterocycles. The fourth-order valence-corrected chi connectivity index (χ4v) is 1.64. The topological polar surface area (TPSA) is 41.5 Å². The highest BCUT2D eigenvalue weighted by Crippen LogP contribution is 2.19. The lowest BCUT2D eigenvalue weighted by atomic mass is 10.1. The highest BCUT2D eigenvalue weighted by molar-refractivity contribution is 5.33. The van der Waals surface area contributed by atoms with Gasteiger partial charge < -0.3 is 15.2 Å². The summed E-state index contributed by atoms with van der Waals surface area (Å²) in [5.74, 6) is 0.549. The molecule has 0 heterocycles. The van der Waals surface area contributed by atoms with Crippen molar-refractivity contribution in [3.8, 4) is 5.75 Å². The first-order valence-electron chi connectivity index (χ1n) is 5.97. The smallest absolute Gasteiger partial charge is 0.387 e. The highest BCUT2D eigenvalue weighted by atomic mass is 19.3. The van der Waals surface area contributed by atoms with Gasteiger partial charge in [-0.1, -0.05) is 25.1 Å². The molecule has 0 spiro atoms. The van der Waals surface area contributed by atoms with E-state index < -0.39 is 6.61 Å². The molecule has 1 aromatic rings. The number of nitrogens with one attached hydrogen (secondary N) is 1. The second kappa shape index (κ2) is 8.00. The van der Waals surface area contributed by atoms with E-state index in [0.29, 0.717) is 18.0 Å². The summed E-state index contributed by atoms with van der Waals surface area (Å²) in [6, 6.07) is 6.73. The first-order valence-corrected chi connectivity index (χ1v) is 5.97. The van der Waals surface area contributed by atoms with Gasteiger partial charge in [-0.3, -0.25) is 0 Å². The number of para-hydroxylation sites is 1. The van der Waals surface area contributed by atoms with Crippen molar-refractivity contribution in [3.63, 3.8) is 0 Å². The van der Waals surface area contributed by atoms with Crippen LogP contribution in [0.25, 0.3) is 0 Å². The molecule has 0 aliphatic rings. The van der Waals surface area contributed by atoms with E-state index in [1.54, 1.807) is 18.2 Å². The van der Waals surface area contributed by atoms with Gasteiger partial charge in [0.05, 0.1) is 0 Å². The quantitative estimate of drug-likeness (QED) is 0.753. The molecule has 0 aromatic heterocycles. The van der Waals surface area contributed by atoms with Gasteiger partial charge in [-0.2, -0.15) is 8.78 Å². The standard InChI is InChI=1S/C13H19F2NO2/c1-10(6-7-17)8-16-9-11-4-2-3-5-12(11)18-13(14)15/h2-5,10,13,16-17H,6-9H2,1H3. The van der Waals surface area contributed by atoms with Crippen LogP contribution in [0.15, 0.2) is 24.3 Å². The number of alkyl halides is 2. The minimum absolute atomic E-state index is 0.161. The van der Waals surface area contributed by atoms with Crippen molar-refractivity contribution in [3.05, 3.63) is 29.8 Å². The Morgan fingerprint density at radius 3 is 2.72 bits per heavy atom. The number of hydrogen-bond acceptors (Lipinski definition) is 3. The van der Waals surface area contributed by atoms with Crippen LogP contribution in [-0.2, 0) is 6.54 Å². The lowest BCUT2D eigenvalue weighted by Gasteiger charge is -2.13. The molecule has 1 aromatic carbocycles. The van der Waals surface area contributed by atoms with Crippen LogP contribution in [0.3, 0.4) is 0 Å². The van der Waals surface area contributed by atoms with Crippen molar-refractivity contribution in [1.29, 1.82) is 0 Å². The van der Waals surface area contributed by atoms with E-state index in [0.717, 1.165) is 13.0 Å². The number of rotatable bonds is 8. The Labute approximate surface area is 106 Å². The predicted molar refractivity (Wildman–Crippen MR) is 65.6 cm³/mol.